The van der Waals surface area contributed by atoms with E-state index in [0.717, 1.165) is 18.4 Å². The Labute approximate surface area is 161 Å². The molecular formula is C21H26N2O3S. The van der Waals surface area contributed by atoms with Gasteiger partial charge in [-0.2, -0.15) is 4.31 Å². The second-order valence-electron chi connectivity index (χ2n) is 7.24. The molecule has 0 saturated carbocycles. The smallest absolute Gasteiger partial charge is 0.251 e. The quantitative estimate of drug-likeness (QED) is 0.854. The van der Waals surface area contributed by atoms with Crippen molar-refractivity contribution in [3.63, 3.8) is 0 Å². The van der Waals surface area contributed by atoms with Gasteiger partial charge >= 0.3 is 0 Å². The molecule has 2 aromatic rings. The summed E-state index contributed by atoms with van der Waals surface area (Å²) in [7, 11) is -3.50. The first-order valence-electron chi connectivity index (χ1n) is 9.34. The second-order valence-corrected chi connectivity index (χ2v) is 9.18. The number of sulfonamides is 1. The van der Waals surface area contributed by atoms with Crippen LogP contribution in [-0.4, -0.2) is 31.7 Å². The van der Waals surface area contributed by atoms with E-state index in [4.69, 9.17) is 0 Å². The number of hydrogen-bond acceptors (Lipinski definition) is 3. The molecule has 0 aromatic heterocycles. The first-order chi connectivity index (χ1) is 12.9. The number of amides is 1. The molecule has 0 unspecified atom stereocenters. The summed E-state index contributed by atoms with van der Waals surface area (Å²) in [6.45, 7) is 5.11. The molecule has 0 bridgehead atoms. The summed E-state index contributed by atoms with van der Waals surface area (Å²) in [6.07, 6.45) is 1.95. The lowest BCUT2D eigenvalue weighted by Gasteiger charge is -2.30. The maximum atomic E-state index is 12.8. The lowest BCUT2D eigenvalue weighted by atomic mass is 10.0. The normalized spacial score (nSPS) is 19.4. The highest BCUT2D eigenvalue weighted by Crippen LogP contribution is 2.23. The highest BCUT2D eigenvalue weighted by molar-refractivity contribution is 7.89. The summed E-state index contributed by atoms with van der Waals surface area (Å²) in [5.74, 6) is 0.153. The molecular weight excluding hydrogens is 360 g/mol. The zero-order chi connectivity index (χ0) is 19.4. The number of nitrogens with zero attached hydrogens (tertiary/aromatic N) is 1. The van der Waals surface area contributed by atoms with Crippen molar-refractivity contribution in [1.29, 1.82) is 0 Å². The van der Waals surface area contributed by atoms with Crippen LogP contribution in [0.25, 0.3) is 0 Å². The van der Waals surface area contributed by atoms with Crippen molar-refractivity contribution in [2.75, 3.05) is 13.1 Å². The number of piperidine rings is 1. The molecule has 0 aliphatic carbocycles. The molecule has 2 aromatic carbocycles. The van der Waals surface area contributed by atoms with Crippen LogP contribution >= 0.6 is 0 Å². The van der Waals surface area contributed by atoms with Crippen LogP contribution in [-0.2, 0) is 10.0 Å². The topological polar surface area (TPSA) is 66.5 Å². The number of carbonyl (C=O) groups is 1. The van der Waals surface area contributed by atoms with Crippen molar-refractivity contribution in [2.45, 2.75) is 37.6 Å². The minimum absolute atomic E-state index is 0.128. The van der Waals surface area contributed by atoms with E-state index in [0.29, 0.717) is 24.6 Å². The summed E-state index contributed by atoms with van der Waals surface area (Å²) >= 11 is 0. The Morgan fingerprint density at radius 1 is 1.11 bits per heavy atom. The zero-order valence-electron chi connectivity index (χ0n) is 15.8. The number of rotatable bonds is 5. The molecule has 1 aliphatic rings. The summed E-state index contributed by atoms with van der Waals surface area (Å²) < 4.78 is 27.2. The SMILES string of the molecule is C[C@@H]1CCCN(S(=O)(=O)c2ccc(C(=O)N[C@H](C)c3ccccc3)cc2)C1. The predicted octanol–water partition coefficient (Wildman–Crippen LogP) is 3.60. The minimum Gasteiger partial charge on any atom is -0.346 e. The van der Waals surface area contributed by atoms with Crippen molar-refractivity contribution in [3.8, 4) is 0 Å². The monoisotopic (exact) mass is 386 g/mol. The Morgan fingerprint density at radius 3 is 2.41 bits per heavy atom. The highest BCUT2D eigenvalue weighted by atomic mass is 32.2. The number of benzene rings is 2. The van der Waals surface area contributed by atoms with Gasteiger partial charge in [0.05, 0.1) is 10.9 Å². The van der Waals surface area contributed by atoms with Gasteiger partial charge in [-0.05, 0) is 55.5 Å². The Kier molecular flexibility index (Phi) is 5.97. The summed E-state index contributed by atoms with van der Waals surface area (Å²) in [5.41, 5.74) is 1.47. The molecule has 6 heteroatoms. The van der Waals surface area contributed by atoms with E-state index in [1.165, 1.54) is 12.1 Å². The molecule has 1 heterocycles. The summed E-state index contributed by atoms with van der Waals surface area (Å²) in [4.78, 5) is 12.7. The van der Waals surface area contributed by atoms with Gasteiger partial charge in [-0.3, -0.25) is 4.79 Å². The molecule has 1 amide bonds. The molecule has 1 N–H and O–H groups in total. The fourth-order valence-corrected chi connectivity index (χ4v) is 5.00. The van der Waals surface area contributed by atoms with Crippen LogP contribution in [0.1, 0.15) is 48.7 Å². The summed E-state index contributed by atoms with van der Waals surface area (Å²) in [5, 5.41) is 2.94. The Balaban J connectivity index is 1.70. The van der Waals surface area contributed by atoms with Crippen molar-refractivity contribution >= 4 is 15.9 Å². The molecule has 2 atom stereocenters. The van der Waals surface area contributed by atoms with E-state index in [1.807, 2.05) is 37.3 Å². The molecule has 1 fully saturated rings. The van der Waals surface area contributed by atoms with Crippen molar-refractivity contribution in [1.82, 2.24) is 9.62 Å². The van der Waals surface area contributed by atoms with Crippen LogP contribution < -0.4 is 5.32 Å². The van der Waals surface area contributed by atoms with Crippen molar-refractivity contribution in [3.05, 3.63) is 65.7 Å². The van der Waals surface area contributed by atoms with Crippen LogP contribution in [0.2, 0.25) is 0 Å². The first kappa shape index (κ1) is 19.6. The van der Waals surface area contributed by atoms with Crippen molar-refractivity contribution in [2.24, 2.45) is 5.92 Å². The summed E-state index contributed by atoms with van der Waals surface area (Å²) in [6, 6.07) is 15.8. The molecule has 0 radical (unpaired) electrons. The lowest BCUT2D eigenvalue weighted by molar-refractivity contribution is 0.0940. The number of hydrogen-bond donors (Lipinski definition) is 1. The standard InChI is InChI=1S/C21H26N2O3S/c1-16-7-6-14-23(15-16)27(25,26)20-12-10-19(11-13-20)21(24)22-17(2)18-8-4-3-5-9-18/h3-5,8-13,16-17H,6-7,14-15H2,1-2H3,(H,22,24)/t16-,17-/m1/s1. The van der Waals surface area contributed by atoms with Gasteiger partial charge in [0, 0.05) is 18.7 Å². The third kappa shape index (κ3) is 4.57. The van der Waals surface area contributed by atoms with Gasteiger partial charge in [0.1, 0.15) is 0 Å². The van der Waals surface area contributed by atoms with Gasteiger partial charge < -0.3 is 5.32 Å². The van der Waals surface area contributed by atoms with Gasteiger partial charge in [0.15, 0.2) is 0 Å². The average molecular weight is 387 g/mol. The Hall–Kier alpha value is -2.18. The van der Waals surface area contributed by atoms with E-state index >= 15 is 0 Å². The minimum atomic E-state index is -3.50. The molecule has 3 rings (SSSR count). The maximum Gasteiger partial charge on any atom is 0.251 e. The van der Waals surface area contributed by atoms with E-state index < -0.39 is 10.0 Å². The van der Waals surface area contributed by atoms with E-state index in [9.17, 15) is 13.2 Å². The molecule has 1 aliphatic heterocycles. The highest BCUT2D eigenvalue weighted by Gasteiger charge is 2.28. The van der Waals surface area contributed by atoms with Crippen LogP contribution in [0.3, 0.4) is 0 Å². The van der Waals surface area contributed by atoms with Crippen LogP contribution in [0.5, 0.6) is 0 Å². The molecule has 5 nitrogen and oxygen atoms in total. The first-order valence-corrected chi connectivity index (χ1v) is 10.8. The fraction of sp³-hybridized carbons (Fsp3) is 0.381. The largest absolute Gasteiger partial charge is 0.346 e. The average Bonchev–Trinajstić information content (AvgIpc) is 2.68. The number of carbonyl (C=O) groups excluding carboxylic acids is 1. The molecule has 144 valence electrons. The Morgan fingerprint density at radius 2 is 1.78 bits per heavy atom. The van der Waals surface area contributed by atoms with E-state index in [2.05, 4.69) is 12.2 Å². The molecule has 0 spiro atoms. The Bertz CT molecular complexity index is 879. The van der Waals surface area contributed by atoms with Gasteiger partial charge in [-0.15, -0.1) is 0 Å². The fourth-order valence-electron chi connectivity index (χ4n) is 3.40. The van der Waals surface area contributed by atoms with Gasteiger partial charge in [-0.25, -0.2) is 8.42 Å². The molecule has 27 heavy (non-hydrogen) atoms. The third-order valence-corrected chi connectivity index (χ3v) is 6.90. The van der Waals surface area contributed by atoms with Gasteiger partial charge in [0.2, 0.25) is 10.0 Å². The lowest BCUT2D eigenvalue weighted by Crippen LogP contribution is -2.39. The van der Waals surface area contributed by atoms with Crippen molar-refractivity contribution < 1.29 is 13.2 Å². The van der Waals surface area contributed by atoms with Gasteiger partial charge in [-0.1, -0.05) is 37.3 Å². The van der Waals surface area contributed by atoms with Gasteiger partial charge in [0.25, 0.3) is 5.91 Å². The van der Waals surface area contributed by atoms with E-state index in [-0.39, 0.29) is 16.8 Å². The predicted molar refractivity (Wildman–Crippen MR) is 106 cm³/mol. The molecule has 1 saturated heterocycles. The van der Waals surface area contributed by atoms with Crippen LogP contribution in [0, 0.1) is 5.92 Å². The third-order valence-electron chi connectivity index (χ3n) is 5.02. The number of nitrogens with one attached hydrogen (secondary N) is 1. The zero-order valence-corrected chi connectivity index (χ0v) is 16.6. The van der Waals surface area contributed by atoms with E-state index in [1.54, 1.807) is 16.4 Å². The van der Waals surface area contributed by atoms with Crippen LogP contribution in [0.4, 0.5) is 0 Å². The second kappa shape index (κ2) is 8.23. The maximum absolute atomic E-state index is 12.8. The van der Waals surface area contributed by atoms with Crippen LogP contribution in [0.15, 0.2) is 59.5 Å².